The molecular weight excluding hydrogens is 623 g/mol. The third-order valence-electron chi connectivity index (χ3n) is 8.70. The van der Waals surface area contributed by atoms with Crippen molar-refractivity contribution in [2.24, 2.45) is 11.7 Å². The summed E-state index contributed by atoms with van der Waals surface area (Å²) in [5.74, 6) is 0.485. The molecule has 2 heterocycles. The molecule has 3 aromatic rings. The lowest BCUT2D eigenvalue weighted by atomic mass is 9.88. The maximum absolute atomic E-state index is 13.3. The fourth-order valence-electron chi connectivity index (χ4n) is 6.18. The van der Waals surface area contributed by atoms with E-state index >= 15 is 0 Å². The number of benzene rings is 3. The Balaban J connectivity index is 0.00000423. The minimum atomic E-state index is -0.441. The third-order valence-corrected chi connectivity index (χ3v) is 10.1. The number of carbonyl (C=O) groups is 1. The lowest BCUT2D eigenvalue weighted by molar-refractivity contribution is -0.136. The second-order valence-electron chi connectivity index (χ2n) is 11.3. The number of likely N-dealkylation sites (tertiary alicyclic amines) is 1. The van der Waals surface area contributed by atoms with Crippen molar-refractivity contribution in [3.8, 4) is 16.9 Å². The highest BCUT2D eigenvalue weighted by molar-refractivity contribution is 7.98. The zero-order valence-electron chi connectivity index (χ0n) is 24.6. The Hall–Kier alpha value is -1.97. The van der Waals surface area contributed by atoms with Gasteiger partial charge in [-0.05, 0) is 97.6 Å². The number of piperidine rings is 1. The van der Waals surface area contributed by atoms with Gasteiger partial charge in [0.05, 0.1) is 6.04 Å². The number of halogens is 3. The van der Waals surface area contributed by atoms with Gasteiger partial charge in [-0.3, -0.25) is 9.69 Å². The van der Waals surface area contributed by atoms with Crippen LogP contribution in [0.25, 0.3) is 11.1 Å². The van der Waals surface area contributed by atoms with Crippen molar-refractivity contribution in [3.63, 3.8) is 0 Å². The Bertz CT molecular complexity index is 1380. The molecule has 2 aliphatic heterocycles. The molecule has 2 fully saturated rings. The van der Waals surface area contributed by atoms with Crippen LogP contribution in [0.3, 0.4) is 0 Å². The zero-order valence-corrected chi connectivity index (χ0v) is 27.7. The van der Waals surface area contributed by atoms with E-state index in [1.54, 1.807) is 30.0 Å². The minimum Gasteiger partial charge on any atom is -0.508 e. The summed E-state index contributed by atoms with van der Waals surface area (Å²) in [4.78, 5) is 21.5. The Kier molecular flexibility index (Phi) is 12.5. The molecule has 3 N–H and O–H groups in total. The molecule has 2 aliphatic rings. The van der Waals surface area contributed by atoms with Gasteiger partial charge in [-0.2, -0.15) is 0 Å². The first-order valence-electron chi connectivity index (χ1n) is 14.7. The smallest absolute Gasteiger partial charge is 0.239 e. The SMILES string of the molecule is CSc1ccccc1CN1CCN(C(=O)[C@H](N)C2CCN(CCc3cc(Cl)ccc3-c3cc(O)ccc3Cl)CC2)CC1.Cl. The summed E-state index contributed by atoms with van der Waals surface area (Å²) in [6.45, 7) is 6.84. The molecule has 1 atom stereocenters. The van der Waals surface area contributed by atoms with E-state index in [4.69, 9.17) is 28.9 Å². The standard InChI is InChI=1S/C33H40Cl2N4O2S.ClH/c1-42-31-5-3-2-4-25(31)22-38-16-18-39(19-17-38)33(41)32(36)23-10-13-37(14-11-23)15-12-24-20-26(34)6-8-28(24)29-21-27(40)7-9-30(29)35;/h2-9,20-21,23,32,40H,10-19,22,36H2,1H3;1H/t32-;/m1./s1. The Morgan fingerprint density at radius 1 is 0.930 bits per heavy atom. The summed E-state index contributed by atoms with van der Waals surface area (Å²) in [7, 11) is 0. The van der Waals surface area contributed by atoms with Crippen LogP contribution in [-0.2, 0) is 17.8 Å². The number of amides is 1. The first-order chi connectivity index (χ1) is 20.3. The van der Waals surface area contributed by atoms with Crippen LogP contribution in [0.4, 0.5) is 0 Å². The number of hydrogen-bond donors (Lipinski definition) is 2. The molecule has 0 aliphatic carbocycles. The van der Waals surface area contributed by atoms with Gasteiger partial charge in [-0.1, -0.05) is 47.5 Å². The molecule has 0 radical (unpaired) electrons. The largest absolute Gasteiger partial charge is 0.508 e. The van der Waals surface area contributed by atoms with Gasteiger partial charge in [0.15, 0.2) is 0 Å². The van der Waals surface area contributed by atoms with Crippen LogP contribution in [0.1, 0.15) is 24.0 Å². The maximum atomic E-state index is 13.3. The average Bonchev–Trinajstić information content (AvgIpc) is 3.01. The molecular formula is C33H41Cl3N4O2S. The van der Waals surface area contributed by atoms with E-state index in [1.165, 1.54) is 10.5 Å². The highest BCUT2D eigenvalue weighted by atomic mass is 35.5. The Morgan fingerprint density at radius 3 is 2.37 bits per heavy atom. The van der Waals surface area contributed by atoms with E-state index in [2.05, 4.69) is 40.3 Å². The molecule has 6 nitrogen and oxygen atoms in total. The molecule has 43 heavy (non-hydrogen) atoms. The van der Waals surface area contributed by atoms with Gasteiger partial charge in [0.25, 0.3) is 0 Å². The van der Waals surface area contributed by atoms with Gasteiger partial charge in [-0.15, -0.1) is 24.2 Å². The summed E-state index contributed by atoms with van der Waals surface area (Å²) < 4.78 is 0. The number of carbonyl (C=O) groups excluding carboxylic acids is 1. The van der Waals surface area contributed by atoms with Gasteiger partial charge >= 0.3 is 0 Å². The van der Waals surface area contributed by atoms with Crippen molar-refractivity contribution in [3.05, 3.63) is 81.8 Å². The number of piperazine rings is 1. The van der Waals surface area contributed by atoms with Crippen molar-refractivity contribution >= 4 is 53.3 Å². The Morgan fingerprint density at radius 2 is 1.65 bits per heavy atom. The number of phenolic OH excluding ortho intramolecular Hbond substituents is 1. The van der Waals surface area contributed by atoms with Crippen molar-refractivity contribution in [1.29, 1.82) is 0 Å². The molecule has 2 saturated heterocycles. The van der Waals surface area contributed by atoms with Crippen LogP contribution < -0.4 is 5.73 Å². The fraction of sp³-hybridized carbons (Fsp3) is 0.424. The predicted molar refractivity (Wildman–Crippen MR) is 182 cm³/mol. The fourth-order valence-corrected chi connectivity index (χ4v) is 7.20. The summed E-state index contributed by atoms with van der Waals surface area (Å²) in [6, 6.07) is 18.9. The van der Waals surface area contributed by atoms with Gasteiger partial charge < -0.3 is 20.6 Å². The van der Waals surface area contributed by atoms with Crippen molar-refractivity contribution in [2.45, 2.75) is 36.7 Å². The van der Waals surface area contributed by atoms with Gasteiger partial charge in [0.1, 0.15) is 5.75 Å². The quantitative estimate of drug-likeness (QED) is 0.257. The highest BCUT2D eigenvalue weighted by Gasteiger charge is 2.32. The number of rotatable bonds is 9. The molecule has 0 aromatic heterocycles. The van der Waals surface area contributed by atoms with Crippen molar-refractivity contribution < 1.29 is 9.90 Å². The molecule has 3 aromatic carbocycles. The molecule has 0 spiro atoms. The summed E-state index contributed by atoms with van der Waals surface area (Å²) in [5.41, 5.74) is 10.8. The molecule has 0 saturated carbocycles. The first-order valence-corrected chi connectivity index (χ1v) is 16.7. The summed E-state index contributed by atoms with van der Waals surface area (Å²) in [6.07, 6.45) is 4.76. The van der Waals surface area contributed by atoms with Crippen molar-refractivity contribution in [1.82, 2.24) is 14.7 Å². The second kappa shape index (κ2) is 15.8. The second-order valence-corrected chi connectivity index (χ2v) is 13.0. The topological polar surface area (TPSA) is 73.0 Å². The van der Waals surface area contributed by atoms with Crippen LogP contribution in [0.2, 0.25) is 10.0 Å². The minimum absolute atomic E-state index is 0. The van der Waals surface area contributed by atoms with E-state index in [-0.39, 0.29) is 30.0 Å². The predicted octanol–water partition coefficient (Wildman–Crippen LogP) is 6.44. The summed E-state index contributed by atoms with van der Waals surface area (Å²) in [5, 5.41) is 11.3. The number of nitrogens with zero attached hydrogens (tertiary/aromatic N) is 3. The van der Waals surface area contributed by atoms with Crippen LogP contribution in [0.5, 0.6) is 5.75 Å². The average molecular weight is 664 g/mol. The van der Waals surface area contributed by atoms with E-state index in [1.807, 2.05) is 23.1 Å². The third kappa shape index (κ3) is 8.60. The zero-order chi connectivity index (χ0) is 29.6. The molecule has 1 amide bonds. The number of aromatic hydroxyl groups is 1. The molecule has 10 heteroatoms. The normalized spacial score (nSPS) is 17.4. The van der Waals surface area contributed by atoms with E-state index in [0.29, 0.717) is 10.0 Å². The molecule has 0 bridgehead atoms. The van der Waals surface area contributed by atoms with Crippen LogP contribution in [0.15, 0.2) is 65.6 Å². The van der Waals surface area contributed by atoms with Gasteiger partial charge in [0, 0.05) is 59.8 Å². The molecule has 0 unspecified atom stereocenters. The lowest BCUT2D eigenvalue weighted by Gasteiger charge is -2.39. The summed E-state index contributed by atoms with van der Waals surface area (Å²) >= 11 is 14.6. The van der Waals surface area contributed by atoms with Crippen LogP contribution in [0, 0.1) is 5.92 Å². The number of hydrogen-bond acceptors (Lipinski definition) is 6. The van der Waals surface area contributed by atoms with E-state index in [0.717, 1.165) is 88.3 Å². The highest BCUT2D eigenvalue weighted by Crippen LogP contribution is 2.35. The van der Waals surface area contributed by atoms with Gasteiger partial charge in [0.2, 0.25) is 5.91 Å². The van der Waals surface area contributed by atoms with Crippen LogP contribution >= 0.6 is 47.4 Å². The van der Waals surface area contributed by atoms with E-state index in [9.17, 15) is 9.90 Å². The first kappa shape index (κ1) is 33.9. The molecule has 5 rings (SSSR count). The maximum Gasteiger partial charge on any atom is 0.239 e. The Labute approximate surface area is 275 Å². The lowest BCUT2D eigenvalue weighted by Crippen LogP contribution is -2.55. The number of nitrogens with two attached hydrogens (primary N) is 1. The number of thioether (sulfide) groups is 1. The molecule has 232 valence electrons. The monoisotopic (exact) mass is 662 g/mol. The van der Waals surface area contributed by atoms with Crippen molar-refractivity contribution in [2.75, 3.05) is 52.1 Å². The van der Waals surface area contributed by atoms with Crippen LogP contribution in [-0.4, -0.2) is 83.8 Å². The van der Waals surface area contributed by atoms with E-state index < -0.39 is 6.04 Å². The van der Waals surface area contributed by atoms with Gasteiger partial charge in [-0.25, -0.2) is 0 Å². The number of phenols is 1.